The van der Waals surface area contributed by atoms with Crippen LogP contribution in [0.5, 0.6) is 5.75 Å². The van der Waals surface area contributed by atoms with Crippen molar-refractivity contribution >= 4 is 5.91 Å². The van der Waals surface area contributed by atoms with Crippen molar-refractivity contribution in [2.45, 2.75) is 32.9 Å². The van der Waals surface area contributed by atoms with Gasteiger partial charge in [0.15, 0.2) is 0 Å². The van der Waals surface area contributed by atoms with E-state index in [2.05, 4.69) is 24.0 Å². The van der Waals surface area contributed by atoms with Gasteiger partial charge in [-0.3, -0.25) is 9.69 Å². The van der Waals surface area contributed by atoms with Crippen molar-refractivity contribution in [2.75, 3.05) is 27.2 Å². The highest BCUT2D eigenvalue weighted by molar-refractivity contribution is 5.94. The van der Waals surface area contributed by atoms with Gasteiger partial charge in [0, 0.05) is 37.8 Å². The summed E-state index contributed by atoms with van der Waals surface area (Å²) in [6.45, 7) is 6.16. The van der Waals surface area contributed by atoms with Crippen molar-refractivity contribution in [3.8, 4) is 5.75 Å². The Labute approximate surface area is 162 Å². The smallest absolute Gasteiger partial charge is 0.253 e. The van der Waals surface area contributed by atoms with Gasteiger partial charge in [0.05, 0.1) is 7.11 Å². The zero-order valence-corrected chi connectivity index (χ0v) is 16.6. The molecule has 1 fully saturated rings. The summed E-state index contributed by atoms with van der Waals surface area (Å²) in [7, 11) is 3.49. The Bertz CT molecular complexity index is 757. The van der Waals surface area contributed by atoms with Gasteiger partial charge in [0.25, 0.3) is 5.91 Å². The molecule has 0 radical (unpaired) electrons. The summed E-state index contributed by atoms with van der Waals surface area (Å²) in [5, 5.41) is 0. The topological polar surface area (TPSA) is 32.8 Å². The molecule has 0 spiro atoms. The third-order valence-corrected chi connectivity index (χ3v) is 5.29. The molecule has 27 heavy (non-hydrogen) atoms. The van der Waals surface area contributed by atoms with Gasteiger partial charge in [-0.15, -0.1) is 0 Å². The molecule has 1 aliphatic heterocycles. The number of rotatable bonds is 6. The van der Waals surface area contributed by atoms with E-state index < -0.39 is 0 Å². The molecule has 2 aromatic carbocycles. The number of para-hydroxylation sites is 1. The summed E-state index contributed by atoms with van der Waals surface area (Å²) >= 11 is 0. The first kappa shape index (κ1) is 19.4. The van der Waals surface area contributed by atoms with Gasteiger partial charge in [0.1, 0.15) is 5.75 Å². The molecule has 0 N–H and O–H groups in total. The molecule has 0 bridgehead atoms. The summed E-state index contributed by atoms with van der Waals surface area (Å²) in [4.78, 5) is 17.0. The van der Waals surface area contributed by atoms with E-state index in [0.29, 0.717) is 6.54 Å². The first-order chi connectivity index (χ1) is 13.1. The van der Waals surface area contributed by atoms with Crippen LogP contribution in [-0.2, 0) is 13.1 Å². The highest BCUT2D eigenvalue weighted by Gasteiger charge is 2.17. The van der Waals surface area contributed by atoms with Gasteiger partial charge < -0.3 is 9.64 Å². The van der Waals surface area contributed by atoms with Crippen LogP contribution in [0.3, 0.4) is 0 Å². The molecule has 0 aromatic heterocycles. The number of methoxy groups -OCH3 is 1. The van der Waals surface area contributed by atoms with Gasteiger partial charge in [0.2, 0.25) is 0 Å². The fraction of sp³-hybridized carbons (Fsp3) is 0.435. The lowest BCUT2D eigenvalue weighted by Crippen LogP contribution is -2.33. The molecule has 4 heteroatoms. The van der Waals surface area contributed by atoms with Gasteiger partial charge in [-0.05, 0) is 49.1 Å². The van der Waals surface area contributed by atoms with Crippen molar-refractivity contribution in [3.63, 3.8) is 0 Å². The number of hydrogen-bond donors (Lipinski definition) is 0. The van der Waals surface area contributed by atoms with Crippen molar-refractivity contribution in [3.05, 3.63) is 65.2 Å². The van der Waals surface area contributed by atoms with Crippen LogP contribution in [0.2, 0.25) is 0 Å². The summed E-state index contributed by atoms with van der Waals surface area (Å²) in [5.41, 5.74) is 3.00. The van der Waals surface area contributed by atoms with E-state index in [0.717, 1.165) is 29.3 Å². The minimum Gasteiger partial charge on any atom is -0.496 e. The van der Waals surface area contributed by atoms with Crippen molar-refractivity contribution in [1.82, 2.24) is 9.80 Å². The lowest BCUT2D eigenvalue weighted by Gasteiger charge is -2.30. The first-order valence-corrected chi connectivity index (χ1v) is 9.75. The normalized spacial score (nSPS) is 17.5. The fourth-order valence-electron chi connectivity index (χ4n) is 3.82. The highest BCUT2D eigenvalue weighted by atomic mass is 16.5. The number of ether oxygens (including phenoxy) is 1. The Morgan fingerprint density at radius 2 is 1.93 bits per heavy atom. The van der Waals surface area contributed by atoms with E-state index in [1.54, 1.807) is 12.0 Å². The monoisotopic (exact) mass is 366 g/mol. The molecule has 0 unspecified atom stereocenters. The van der Waals surface area contributed by atoms with E-state index in [4.69, 9.17) is 4.74 Å². The number of carbonyl (C=O) groups excluding carboxylic acids is 1. The second-order valence-electron chi connectivity index (χ2n) is 7.65. The number of hydrogen-bond acceptors (Lipinski definition) is 3. The molecule has 0 aliphatic carbocycles. The maximum absolute atomic E-state index is 12.8. The third kappa shape index (κ3) is 5.10. The number of piperidine rings is 1. The number of nitrogens with zero attached hydrogens (tertiary/aromatic N) is 2. The van der Waals surface area contributed by atoms with Crippen molar-refractivity contribution < 1.29 is 9.53 Å². The Morgan fingerprint density at radius 1 is 1.19 bits per heavy atom. The molecule has 1 saturated heterocycles. The van der Waals surface area contributed by atoms with Gasteiger partial charge in [-0.25, -0.2) is 0 Å². The Hall–Kier alpha value is -2.33. The fourth-order valence-corrected chi connectivity index (χ4v) is 3.82. The summed E-state index contributed by atoms with van der Waals surface area (Å²) in [6.07, 6.45) is 2.62. The molecule has 0 saturated carbocycles. The van der Waals surface area contributed by atoms with E-state index in [1.165, 1.54) is 31.5 Å². The van der Waals surface area contributed by atoms with Crippen molar-refractivity contribution in [2.24, 2.45) is 5.92 Å². The minimum absolute atomic E-state index is 0.0269. The summed E-state index contributed by atoms with van der Waals surface area (Å²) < 4.78 is 5.38. The summed E-state index contributed by atoms with van der Waals surface area (Å²) in [6, 6.07) is 15.9. The zero-order valence-electron chi connectivity index (χ0n) is 16.6. The van der Waals surface area contributed by atoms with Crippen molar-refractivity contribution in [1.29, 1.82) is 0 Å². The predicted octanol–water partition coefficient (Wildman–Crippen LogP) is 4.20. The SMILES string of the molecule is COc1ccccc1CN(C)C(=O)c1ccc(CN2CCC[C@H](C)C2)cc1. The van der Waals surface area contributed by atoms with Crippen LogP contribution < -0.4 is 4.74 Å². The standard InChI is InChI=1S/C23H30N2O2/c1-18-7-6-14-25(15-18)16-19-10-12-20(13-11-19)23(26)24(2)17-21-8-4-5-9-22(21)27-3/h4-5,8-13,18H,6-7,14-17H2,1-3H3/t18-/m0/s1. The van der Waals surface area contributed by atoms with Crippen LogP contribution in [0.15, 0.2) is 48.5 Å². The molecular formula is C23H30N2O2. The van der Waals surface area contributed by atoms with Gasteiger partial charge in [-0.1, -0.05) is 37.3 Å². The molecule has 4 nitrogen and oxygen atoms in total. The van der Waals surface area contributed by atoms with E-state index in [1.807, 2.05) is 43.4 Å². The van der Waals surface area contributed by atoms with E-state index >= 15 is 0 Å². The van der Waals surface area contributed by atoms with Crippen LogP contribution in [0.4, 0.5) is 0 Å². The molecule has 1 aliphatic rings. The molecule has 1 atom stereocenters. The Balaban J connectivity index is 1.61. The molecule has 3 rings (SSSR count). The van der Waals surface area contributed by atoms with Crippen LogP contribution >= 0.6 is 0 Å². The van der Waals surface area contributed by atoms with E-state index in [-0.39, 0.29) is 5.91 Å². The second kappa shape index (κ2) is 9.05. The Kier molecular flexibility index (Phi) is 6.51. The van der Waals surface area contributed by atoms with Crippen LogP contribution in [0.25, 0.3) is 0 Å². The molecule has 1 amide bonds. The number of amides is 1. The Morgan fingerprint density at radius 3 is 2.63 bits per heavy atom. The lowest BCUT2D eigenvalue weighted by atomic mass is 9.99. The van der Waals surface area contributed by atoms with Crippen LogP contribution in [0, 0.1) is 5.92 Å². The molecule has 1 heterocycles. The lowest BCUT2D eigenvalue weighted by molar-refractivity contribution is 0.0784. The molecule has 144 valence electrons. The van der Waals surface area contributed by atoms with Gasteiger partial charge >= 0.3 is 0 Å². The number of benzene rings is 2. The number of likely N-dealkylation sites (tertiary alicyclic amines) is 1. The molecular weight excluding hydrogens is 336 g/mol. The van der Waals surface area contributed by atoms with Crippen LogP contribution in [-0.4, -0.2) is 43.0 Å². The number of carbonyl (C=O) groups is 1. The maximum Gasteiger partial charge on any atom is 0.253 e. The van der Waals surface area contributed by atoms with Gasteiger partial charge in [-0.2, -0.15) is 0 Å². The predicted molar refractivity (Wildman–Crippen MR) is 109 cm³/mol. The maximum atomic E-state index is 12.8. The minimum atomic E-state index is 0.0269. The molecule has 2 aromatic rings. The van der Waals surface area contributed by atoms with E-state index in [9.17, 15) is 4.79 Å². The second-order valence-corrected chi connectivity index (χ2v) is 7.65. The zero-order chi connectivity index (χ0) is 19.2. The first-order valence-electron chi connectivity index (χ1n) is 9.75. The highest BCUT2D eigenvalue weighted by Crippen LogP contribution is 2.21. The summed E-state index contributed by atoms with van der Waals surface area (Å²) in [5.74, 6) is 1.62. The third-order valence-electron chi connectivity index (χ3n) is 5.29. The quantitative estimate of drug-likeness (QED) is 0.768. The van der Waals surface area contributed by atoms with Crippen LogP contribution in [0.1, 0.15) is 41.3 Å². The average molecular weight is 367 g/mol. The average Bonchev–Trinajstić information content (AvgIpc) is 2.68. The largest absolute Gasteiger partial charge is 0.496 e.